The second kappa shape index (κ2) is 7.94. The fraction of sp³-hybridized carbons (Fsp3) is 0.435. The normalized spacial score (nSPS) is 13.8. The van der Waals surface area contributed by atoms with Crippen LogP contribution >= 0.6 is 0 Å². The van der Waals surface area contributed by atoms with E-state index >= 15 is 0 Å². The zero-order chi connectivity index (χ0) is 19.5. The molecule has 26 heavy (non-hydrogen) atoms. The van der Waals surface area contributed by atoms with Gasteiger partial charge in [0, 0.05) is 0 Å². The Morgan fingerprint density at radius 2 is 1.62 bits per heavy atom. The number of carbonyl (C=O) groups is 1. The summed E-state index contributed by atoms with van der Waals surface area (Å²) in [6, 6.07) is 14.3. The van der Waals surface area contributed by atoms with Crippen LogP contribution in [-0.2, 0) is 10.2 Å². The molecular formula is C23H31NO2. The lowest BCUT2D eigenvalue weighted by atomic mass is 9.86. The lowest BCUT2D eigenvalue weighted by molar-refractivity contribution is -0.127. The van der Waals surface area contributed by atoms with Crippen LogP contribution < -0.4 is 10.1 Å². The predicted molar refractivity (Wildman–Crippen MR) is 108 cm³/mol. The summed E-state index contributed by atoms with van der Waals surface area (Å²) in [5, 5.41) is 3.04. The van der Waals surface area contributed by atoms with Crippen LogP contribution in [0.1, 0.15) is 62.9 Å². The van der Waals surface area contributed by atoms with E-state index in [0.717, 1.165) is 16.9 Å². The van der Waals surface area contributed by atoms with Crippen molar-refractivity contribution in [1.82, 2.24) is 5.32 Å². The van der Waals surface area contributed by atoms with Crippen molar-refractivity contribution in [3.05, 3.63) is 64.7 Å². The molecule has 0 aromatic heterocycles. The van der Waals surface area contributed by atoms with Gasteiger partial charge in [-0.25, -0.2) is 0 Å². The minimum atomic E-state index is -0.548. The highest BCUT2D eigenvalue weighted by atomic mass is 16.5. The molecule has 140 valence electrons. The molecule has 0 saturated carbocycles. The Bertz CT molecular complexity index is 757. The Labute approximate surface area is 157 Å². The maximum atomic E-state index is 12.5. The zero-order valence-corrected chi connectivity index (χ0v) is 17.0. The van der Waals surface area contributed by atoms with Crippen LogP contribution in [0.2, 0.25) is 0 Å². The first-order valence-corrected chi connectivity index (χ1v) is 9.22. The molecule has 0 aliphatic heterocycles. The first-order chi connectivity index (χ1) is 12.1. The van der Waals surface area contributed by atoms with Crippen LogP contribution in [0.25, 0.3) is 0 Å². The number of rotatable bonds is 5. The van der Waals surface area contributed by atoms with Gasteiger partial charge in [0.25, 0.3) is 5.91 Å². The molecule has 2 aromatic carbocycles. The van der Waals surface area contributed by atoms with E-state index in [9.17, 15) is 4.79 Å². The summed E-state index contributed by atoms with van der Waals surface area (Å²) in [6.07, 6.45) is -0.548. The van der Waals surface area contributed by atoms with Crippen LogP contribution in [-0.4, -0.2) is 12.0 Å². The smallest absolute Gasteiger partial charge is 0.261 e. The number of carbonyl (C=O) groups excluding carboxylic acids is 1. The van der Waals surface area contributed by atoms with Crippen LogP contribution in [0.3, 0.4) is 0 Å². The Kier molecular flexibility index (Phi) is 6.12. The third-order valence-corrected chi connectivity index (χ3v) is 4.64. The number of benzene rings is 2. The van der Waals surface area contributed by atoms with E-state index in [2.05, 4.69) is 56.4 Å². The summed E-state index contributed by atoms with van der Waals surface area (Å²) in [6.45, 7) is 14.4. The molecular weight excluding hydrogens is 322 g/mol. The Morgan fingerprint density at radius 3 is 2.15 bits per heavy atom. The fourth-order valence-corrected chi connectivity index (χ4v) is 2.86. The zero-order valence-electron chi connectivity index (χ0n) is 17.0. The average Bonchev–Trinajstić information content (AvgIpc) is 2.56. The second-order valence-corrected chi connectivity index (χ2v) is 8.13. The van der Waals surface area contributed by atoms with E-state index in [1.54, 1.807) is 6.92 Å². The van der Waals surface area contributed by atoms with E-state index in [4.69, 9.17) is 4.74 Å². The summed E-state index contributed by atoms with van der Waals surface area (Å²) < 4.78 is 5.85. The van der Waals surface area contributed by atoms with E-state index in [1.807, 2.05) is 32.9 Å². The molecule has 0 bridgehead atoms. The van der Waals surface area contributed by atoms with Gasteiger partial charge in [0.1, 0.15) is 5.75 Å². The number of hydrogen-bond acceptors (Lipinski definition) is 2. The van der Waals surface area contributed by atoms with Crippen LogP contribution in [0.15, 0.2) is 42.5 Å². The van der Waals surface area contributed by atoms with Crippen molar-refractivity contribution in [2.75, 3.05) is 0 Å². The first kappa shape index (κ1) is 20.0. The van der Waals surface area contributed by atoms with Gasteiger partial charge in [0.15, 0.2) is 6.10 Å². The summed E-state index contributed by atoms with van der Waals surface area (Å²) in [7, 11) is 0. The van der Waals surface area contributed by atoms with Gasteiger partial charge in [0.05, 0.1) is 6.04 Å². The molecule has 0 aliphatic carbocycles. The molecule has 3 heteroatoms. The summed E-state index contributed by atoms with van der Waals surface area (Å²) in [4.78, 5) is 12.5. The molecule has 0 fully saturated rings. The molecule has 0 spiro atoms. The first-order valence-electron chi connectivity index (χ1n) is 9.22. The molecule has 0 heterocycles. The molecule has 3 nitrogen and oxygen atoms in total. The van der Waals surface area contributed by atoms with Gasteiger partial charge < -0.3 is 10.1 Å². The molecule has 2 rings (SSSR count). The van der Waals surface area contributed by atoms with Crippen LogP contribution in [0.4, 0.5) is 0 Å². The monoisotopic (exact) mass is 353 g/mol. The molecule has 0 unspecified atom stereocenters. The van der Waals surface area contributed by atoms with Gasteiger partial charge in [-0.1, -0.05) is 62.7 Å². The Balaban J connectivity index is 1.99. The minimum absolute atomic E-state index is 0.0679. The lowest BCUT2D eigenvalue weighted by Crippen LogP contribution is -2.37. The standard InChI is InChI=1S/C23H31NO2/c1-15-8-13-21(16(2)14-15)26-18(4)22(25)24-17(3)19-9-11-20(12-10-19)23(5,6)7/h8-14,17-18H,1-7H3,(H,24,25)/t17-,18-/m1/s1. The highest BCUT2D eigenvalue weighted by Crippen LogP contribution is 2.24. The third kappa shape index (κ3) is 5.10. The minimum Gasteiger partial charge on any atom is -0.481 e. The van der Waals surface area contributed by atoms with Crippen molar-refractivity contribution in [2.45, 2.75) is 66.0 Å². The number of hydrogen-bond donors (Lipinski definition) is 1. The molecule has 0 saturated heterocycles. The summed E-state index contributed by atoms with van der Waals surface area (Å²) >= 11 is 0. The van der Waals surface area contributed by atoms with Gasteiger partial charge in [-0.15, -0.1) is 0 Å². The fourth-order valence-electron chi connectivity index (χ4n) is 2.86. The molecule has 0 aliphatic rings. The van der Waals surface area contributed by atoms with Crippen molar-refractivity contribution in [3.8, 4) is 5.75 Å². The van der Waals surface area contributed by atoms with Crippen molar-refractivity contribution in [2.24, 2.45) is 0 Å². The topological polar surface area (TPSA) is 38.3 Å². The number of amides is 1. The predicted octanol–water partition coefficient (Wildman–Crippen LogP) is 5.25. The molecule has 0 radical (unpaired) electrons. The van der Waals surface area contributed by atoms with Crippen molar-refractivity contribution < 1.29 is 9.53 Å². The number of aryl methyl sites for hydroxylation is 2. The van der Waals surface area contributed by atoms with Crippen molar-refractivity contribution in [3.63, 3.8) is 0 Å². The van der Waals surface area contributed by atoms with E-state index in [0.29, 0.717) is 0 Å². The van der Waals surface area contributed by atoms with E-state index in [1.165, 1.54) is 11.1 Å². The van der Waals surface area contributed by atoms with Crippen LogP contribution in [0, 0.1) is 13.8 Å². The maximum absolute atomic E-state index is 12.5. The van der Waals surface area contributed by atoms with Gasteiger partial charge in [0.2, 0.25) is 0 Å². The number of nitrogens with one attached hydrogen (secondary N) is 1. The SMILES string of the molecule is Cc1ccc(O[C@H](C)C(=O)N[C@H](C)c2ccc(C(C)(C)C)cc2)c(C)c1. The molecule has 1 N–H and O–H groups in total. The molecule has 1 amide bonds. The summed E-state index contributed by atoms with van der Waals surface area (Å²) in [5.74, 6) is 0.637. The number of ether oxygens (including phenoxy) is 1. The summed E-state index contributed by atoms with van der Waals surface area (Å²) in [5.41, 5.74) is 4.71. The Morgan fingerprint density at radius 1 is 1.00 bits per heavy atom. The van der Waals surface area contributed by atoms with Gasteiger partial charge >= 0.3 is 0 Å². The van der Waals surface area contributed by atoms with Crippen LogP contribution in [0.5, 0.6) is 5.75 Å². The third-order valence-electron chi connectivity index (χ3n) is 4.64. The molecule has 2 aromatic rings. The van der Waals surface area contributed by atoms with Gasteiger partial charge in [-0.2, -0.15) is 0 Å². The second-order valence-electron chi connectivity index (χ2n) is 8.13. The maximum Gasteiger partial charge on any atom is 0.261 e. The van der Waals surface area contributed by atoms with E-state index in [-0.39, 0.29) is 17.4 Å². The van der Waals surface area contributed by atoms with E-state index < -0.39 is 6.10 Å². The highest BCUT2D eigenvalue weighted by Gasteiger charge is 2.19. The van der Waals surface area contributed by atoms with Gasteiger partial charge in [-0.3, -0.25) is 4.79 Å². The Hall–Kier alpha value is -2.29. The largest absolute Gasteiger partial charge is 0.481 e. The van der Waals surface area contributed by atoms with Crippen molar-refractivity contribution >= 4 is 5.91 Å². The quantitative estimate of drug-likeness (QED) is 0.798. The lowest BCUT2D eigenvalue weighted by Gasteiger charge is -2.22. The van der Waals surface area contributed by atoms with Crippen molar-refractivity contribution in [1.29, 1.82) is 0 Å². The molecule has 2 atom stereocenters. The van der Waals surface area contributed by atoms with Gasteiger partial charge in [-0.05, 0) is 55.9 Å². The average molecular weight is 354 g/mol. The highest BCUT2D eigenvalue weighted by molar-refractivity contribution is 5.81.